The average molecular weight is 201 g/mol. The summed E-state index contributed by atoms with van der Waals surface area (Å²) in [7, 11) is -3.47. The van der Waals surface area contributed by atoms with Gasteiger partial charge in [0.2, 0.25) is 9.84 Å². The van der Waals surface area contributed by atoms with Gasteiger partial charge in [0.05, 0.1) is 5.25 Å². The molecule has 0 atom stereocenters. The topological polar surface area (TPSA) is 67.3 Å². The van der Waals surface area contributed by atoms with E-state index in [4.69, 9.17) is 0 Å². The Morgan fingerprint density at radius 1 is 1.46 bits per heavy atom. The summed E-state index contributed by atoms with van der Waals surface area (Å²) in [6, 6.07) is 2.79. The summed E-state index contributed by atoms with van der Waals surface area (Å²) in [5.41, 5.74) is 0. The maximum atomic E-state index is 11.5. The predicted octanol–water partition coefficient (Wildman–Crippen LogP) is 0.969. The summed E-state index contributed by atoms with van der Waals surface area (Å²) in [6.07, 6.45) is 1.34. The molecule has 0 aromatic carbocycles. The van der Waals surface area contributed by atoms with Crippen LogP contribution in [0, 0.1) is 0 Å². The fourth-order valence-electron chi connectivity index (χ4n) is 0.825. The minimum atomic E-state index is -3.47. The molecule has 1 aromatic rings. The fraction of sp³-hybridized carbons (Fsp3) is 0.375. The lowest BCUT2D eigenvalue weighted by Crippen LogP contribution is -2.15. The molecule has 0 radical (unpaired) electrons. The molecule has 1 rings (SSSR count). The number of aromatic hydroxyl groups is 1. The Morgan fingerprint density at radius 3 is 2.54 bits per heavy atom. The van der Waals surface area contributed by atoms with Crippen LogP contribution in [-0.2, 0) is 9.84 Å². The summed E-state index contributed by atoms with van der Waals surface area (Å²) in [5.74, 6) is -0.295. The van der Waals surface area contributed by atoms with Gasteiger partial charge in [-0.15, -0.1) is 0 Å². The molecule has 0 saturated heterocycles. The zero-order valence-electron chi connectivity index (χ0n) is 7.43. The molecule has 1 N–H and O–H groups in total. The van der Waals surface area contributed by atoms with Crippen molar-refractivity contribution in [2.45, 2.75) is 24.1 Å². The van der Waals surface area contributed by atoms with Crippen LogP contribution in [0.1, 0.15) is 13.8 Å². The Labute approximate surface area is 77.2 Å². The Morgan fingerprint density at radius 2 is 2.08 bits per heavy atom. The van der Waals surface area contributed by atoms with Crippen molar-refractivity contribution >= 4 is 9.84 Å². The van der Waals surface area contributed by atoms with E-state index in [1.807, 2.05) is 0 Å². The van der Waals surface area contributed by atoms with Gasteiger partial charge in [-0.25, -0.2) is 13.4 Å². The van der Waals surface area contributed by atoms with Crippen molar-refractivity contribution < 1.29 is 13.5 Å². The van der Waals surface area contributed by atoms with Gasteiger partial charge in [0.1, 0.15) is 0 Å². The van der Waals surface area contributed by atoms with Crippen LogP contribution in [0.3, 0.4) is 0 Å². The Balaban J connectivity index is 3.32. The van der Waals surface area contributed by atoms with Crippen molar-refractivity contribution in [2.75, 3.05) is 0 Å². The van der Waals surface area contributed by atoms with E-state index in [1.165, 1.54) is 18.3 Å². The molecule has 0 fully saturated rings. The first-order valence-electron chi connectivity index (χ1n) is 3.84. The normalized spacial score (nSPS) is 11.9. The van der Waals surface area contributed by atoms with Crippen LogP contribution < -0.4 is 0 Å². The van der Waals surface area contributed by atoms with Gasteiger partial charge in [-0.3, -0.25) is 0 Å². The summed E-state index contributed by atoms with van der Waals surface area (Å²) in [4.78, 5) is 3.63. The third-order valence-corrected chi connectivity index (χ3v) is 3.74. The molecule has 0 aliphatic heterocycles. The van der Waals surface area contributed by atoms with Crippen molar-refractivity contribution in [3.63, 3.8) is 0 Å². The minimum Gasteiger partial charge on any atom is -0.505 e. The van der Waals surface area contributed by atoms with E-state index >= 15 is 0 Å². The smallest absolute Gasteiger partial charge is 0.201 e. The van der Waals surface area contributed by atoms with E-state index in [0.29, 0.717) is 0 Å². The molecule has 0 aliphatic carbocycles. The van der Waals surface area contributed by atoms with Crippen LogP contribution in [0.5, 0.6) is 5.75 Å². The molecule has 1 heterocycles. The summed E-state index contributed by atoms with van der Waals surface area (Å²) < 4.78 is 23.1. The Hall–Kier alpha value is -1.10. The largest absolute Gasteiger partial charge is 0.505 e. The van der Waals surface area contributed by atoms with E-state index in [9.17, 15) is 13.5 Å². The molecular formula is C8H11NO3S. The number of pyridine rings is 1. The highest BCUT2D eigenvalue weighted by Gasteiger charge is 2.23. The SMILES string of the molecule is CC(C)S(=O)(=O)c1ncccc1O. The summed E-state index contributed by atoms with van der Waals surface area (Å²) >= 11 is 0. The standard InChI is InChI=1S/C8H11NO3S/c1-6(2)13(11,12)8-7(10)4-3-5-9-8/h3-6,10H,1-2H3. The second kappa shape index (κ2) is 3.33. The van der Waals surface area contributed by atoms with Gasteiger partial charge in [0.25, 0.3) is 0 Å². The highest BCUT2D eigenvalue weighted by atomic mass is 32.2. The molecule has 4 nitrogen and oxygen atoms in total. The third kappa shape index (κ3) is 1.80. The lowest BCUT2D eigenvalue weighted by atomic mass is 10.5. The fourth-order valence-corrected chi connectivity index (χ4v) is 1.84. The molecule has 0 bridgehead atoms. The van der Waals surface area contributed by atoms with Gasteiger partial charge in [0.15, 0.2) is 10.8 Å². The van der Waals surface area contributed by atoms with Crippen molar-refractivity contribution in [1.82, 2.24) is 4.98 Å². The number of nitrogens with zero attached hydrogens (tertiary/aromatic N) is 1. The monoisotopic (exact) mass is 201 g/mol. The molecule has 72 valence electrons. The molecular weight excluding hydrogens is 190 g/mol. The highest BCUT2D eigenvalue weighted by molar-refractivity contribution is 7.92. The van der Waals surface area contributed by atoms with E-state index in [0.717, 1.165) is 0 Å². The lowest BCUT2D eigenvalue weighted by molar-refractivity contribution is 0.451. The van der Waals surface area contributed by atoms with E-state index < -0.39 is 15.1 Å². The zero-order valence-corrected chi connectivity index (χ0v) is 8.25. The van der Waals surface area contributed by atoms with Gasteiger partial charge >= 0.3 is 0 Å². The second-order valence-corrected chi connectivity index (χ2v) is 5.34. The maximum absolute atomic E-state index is 11.5. The van der Waals surface area contributed by atoms with Gasteiger partial charge < -0.3 is 5.11 Å². The number of hydrogen-bond acceptors (Lipinski definition) is 4. The quantitative estimate of drug-likeness (QED) is 0.774. The average Bonchev–Trinajstić information content (AvgIpc) is 2.04. The number of sulfone groups is 1. The third-order valence-electron chi connectivity index (χ3n) is 1.64. The zero-order chi connectivity index (χ0) is 10.1. The molecule has 0 spiro atoms. The van der Waals surface area contributed by atoms with E-state index in [2.05, 4.69) is 4.98 Å². The van der Waals surface area contributed by atoms with Crippen LogP contribution in [-0.4, -0.2) is 23.8 Å². The van der Waals surface area contributed by atoms with Crippen molar-refractivity contribution in [3.8, 4) is 5.75 Å². The van der Waals surface area contributed by atoms with Gasteiger partial charge in [-0.1, -0.05) is 0 Å². The first-order chi connectivity index (χ1) is 5.96. The first kappa shape index (κ1) is 9.98. The first-order valence-corrected chi connectivity index (χ1v) is 5.38. The molecule has 0 aliphatic rings. The van der Waals surface area contributed by atoms with Gasteiger partial charge in [0, 0.05) is 6.20 Å². The van der Waals surface area contributed by atoms with Crippen molar-refractivity contribution in [3.05, 3.63) is 18.3 Å². The number of hydrogen-bond donors (Lipinski definition) is 1. The van der Waals surface area contributed by atoms with Crippen LogP contribution in [0.15, 0.2) is 23.4 Å². The van der Waals surface area contributed by atoms with Crippen LogP contribution in [0.25, 0.3) is 0 Å². The minimum absolute atomic E-state index is 0.245. The summed E-state index contributed by atoms with van der Waals surface area (Å²) in [6.45, 7) is 3.09. The molecule has 13 heavy (non-hydrogen) atoms. The summed E-state index contributed by atoms with van der Waals surface area (Å²) in [5, 5.41) is 8.43. The molecule has 0 saturated carbocycles. The van der Waals surface area contributed by atoms with Gasteiger partial charge in [-0.2, -0.15) is 0 Å². The van der Waals surface area contributed by atoms with Crippen molar-refractivity contribution in [1.29, 1.82) is 0 Å². The van der Waals surface area contributed by atoms with Crippen LogP contribution in [0.2, 0.25) is 0 Å². The molecule has 5 heteroatoms. The predicted molar refractivity (Wildman–Crippen MR) is 48.2 cm³/mol. The van der Waals surface area contributed by atoms with Crippen molar-refractivity contribution in [2.24, 2.45) is 0 Å². The van der Waals surface area contributed by atoms with Gasteiger partial charge in [-0.05, 0) is 26.0 Å². The Bertz CT molecular complexity index is 398. The number of rotatable bonds is 2. The second-order valence-electron chi connectivity index (χ2n) is 2.92. The number of aromatic nitrogens is 1. The molecule has 0 amide bonds. The van der Waals surface area contributed by atoms with Crippen LogP contribution in [0.4, 0.5) is 0 Å². The molecule has 1 aromatic heterocycles. The maximum Gasteiger partial charge on any atom is 0.201 e. The molecule has 0 unspecified atom stereocenters. The lowest BCUT2D eigenvalue weighted by Gasteiger charge is -2.07. The van der Waals surface area contributed by atoms with Crippen LogP contribution >= 0.6 is 0 Å². The van der Waals surface area contributed by atoms with E-state index in [1.54, 1.807) is 13.8 Å². The van der Waals surface area contributed by atoms with E-state index in [-0.39, 0.29) is 10.8 Å². The highest BCUT2D eigenvalue weighted by Crippen LogP contribution is 2.22. The Kier molecular flexibility index (Phi) is 2.56.